The molecule has 0 aromatic carbocycles. The van der Waals surface area contributed by atoms with Crippen molar-refractivity contribution in [3.05, 3.63) is 0 Å². The molecule has 15 heavy (non-hydrogen) atoms. The highest BCUT2D eigenvalue weighted by molar-refractivity contribution is 7.99. The minimum absolute atomic E-state index is 0.233. The largest absolute Gasteiger partial charge is 0.390 e. The van der Waals surface area contributed by atoms with E-state index in [1.54, 1.807) is 18.9 Å². The summed E-state index contributed by atoms with van der Waals surface area (Å²) in [7, 11) is 1.63. The first-order chi connectivity index (χ1) is 7.20. The molecular weight excluding hydrogens is 214 g/mol. The lowest BCUT2D eigenvalue weighted by Crippen LogP contribution is -2.24. The molecule has 0 aliphatic carbocycles. The van der Waals surface area contributed by atoms with Crippen molar-refractivity contribution in [2.45, 2.75) is 25.5 Å². The average Bonchev–Trinajstić information content (AvgIpc) is 2.24. The molecule has 0 saturated heterocycles. The number of thioether (sulfide) groups is 1. The first kappa shape index (κ1) is 15.2. The fourth-order valence-corrected chi connectivity index (χ4v) is 1.93. The Balaban J connectivity index is 3.21. The van der Waals surface area contributed by atoms with E-state index in [4.69, 9.17) is 15.2 Å². The lowest BCUT2D eigenvalue weighted by atomic mass is 10.3. The topological polar surface area (TPSA) is 64.7 Å². The number of aliphatic hydroxyl groups is 1. The van der Waals surface area contributed by atoms with Gasteiger partial charge in [-0.2, -0.15) is 11.8 Å². The number of aliphatic hydroxyl groups excluding tert-OH is 1. The summed E-state index contributed by atoms with van der Waals surface area (Å²) in [5, 5.41) is 9.51. The van der Waals surface area contributed by atoms with E-state index in [-0.39, 0.29) is 6.04 Å². The highest BCUT2D eigenvalue weighted by atomic mass is 32.2. The molecule has 0 amide bonds. The average molecular weight is 237 g/mol. The number of hydrogen-bond donors (Lipinski definition) is 2. The summed E-state index contributed by atoms with van der Waals surface area (Å²) in [4.78, 5) is 0. The monoisotopic (exact) mass is 237 g/mol. The lowest BCUT2D eigenvalue weighted by molar-refractivity contribution is 0.0218. The second-order valence-corrected chi connectivity index (χ2v) is 4.50. The van der Waals surface area contributed by atoms with Crippen LogP contribution in [-0.4, -0.2) is 55.7 Å². The van der Waals surface area contributed by atoms with Gasteiger partial charge in [0.05, 0.1) is 25.9 Å². The van der Waals surface area contributed by atoms with Gasteiger partial charge in [0.25, 0.3) is 0 Å². The molecule has 2 atom stereocenters. The number of ether oxygens (including phenoxy) is 2. The SMILES string of the molecule is CCC(N)CSCC(O)COCCOC. The number of rotatable bonds is 10. The number of hydrogen-bond acceptors (Lipinski definition) is 5. The summed E-state index contributed by atoms with van der Waals surface area (Å²) < 4.78 is 10.0. The highest BCUT2D eigenvalue weighted by Crippen LogP contribution is 2.06. The van der Waals surface area contributed by atoms with Crippen molar-refractivity contribution in [1.82, 2.24) is 0 Å². The van der Waals surface area contributed by atoms with Crippen LogP contribution in [0.25, 0.3) is 0 Å². The van der Waals surface area contributed by atoms with Gasteiger partial charge in [0.2, 0.25) is 0 Å². The van der Waals surface area contributed by atoms with Crippen molar-refractivity contribution >= 4 is 11.8 Å². The third-order valence-corrected chi connectivity index (χ3v) is 3.19. The van der Waals surface area contributed by atoms with Crippen molar-refractivity contribution < 1.29 is 14.6 Å². The first-order valence-electron chi connectivity index (χ1n) is 5.28. The van der Waals surface area contributed by atoms with Crippen molar-refractivity contribution in [2.24, 2.45) is 5.73 Å². The molecule has 0 saturated carbocycles. The lowest BCUT2D eigenvalue weighted by Gasteiger charge is -2.12. The molecule has 0 aromatic rings. The molecule has 4 nitrogen and oxygen atoms in total. The van der Waals surface area contributed by atoms with Gasteiger partial charge in [0.15, 0.2) is 0 Å². The second-order valence-electron chi connectivity index (χ2n) is 3.43. The fourth-order valence-electron chi connectivity index (χ4n) is 0.883. The molecule has 0 rings (SSSR count). The summed E-state index contributed by atoms with van der Waals surface area (Å²) >= 11 is 1.67. The van der Waals surface area contributed by atoms with Crippen molar-refractivity contribution in [2.75, 3.05) is 38.4 Å². The van der Waals surface area contributed by atoms with Crippen LogP contribution in [0.15, 0.2) is 0 Å². The molecule has 0 aliphatic heterocycles. The van der Waals surface area contributed by atoms with Gasteiger partial charge in [-0.25, -0.2) is 0 Å². The van der Waals surface area contributed by atoms with Crippen LogP contribution < -0.4 is 5.73 Å². The van der Waals surface area contributed by atoms with E-state index in [9.17, 15) is 5.11 Å². The Labute approximate surface area is 96.5 Å². The van der Waals surface area contributed by atoms with Gasteiger partial charge in [0.1, 0.15) is 0 Å². The van der Waals surface area contributed by atoms with Gasteiger partial charge >= 0.3 is 0 Å². The summed E-state index contributed by atoms with van der Waals surface area (Å²) in [6, 6.07) is 0.233. The second kappa shape index (κ2) is 10.7. The first-order valence-corrected chi connectivity index (χ1v) is 6.44. The molecule has 2 unspecified atom stereocenters. The van der Waals surface area contributed by atoms with E-state index < -0.39 is 6.10 Å². The summed E-state index contributed by atoms with van der Waals surface area (Å²) in [5.74, 6) is 1.58. The quantitative estimate of drug-likeness (QED) is 0.541. The van der Waals surface area contributed by atoms with Gasteiger partial charge in [-0.05, 0) is 6.42 Å². The fraction of sp³-hybridized carbons (Fsp3) is 1.00. The number of methoxy groups -OCH3 is 1. The molecule has 5 heteroatoms. The van der Waals surface area contributed by atoms with Crippen molar-refractivity contribution in [1.29, 1.82) is 0 Å². The minimum Gasteiger partial charge on any atom is -0.390 e. The Morgan fingerprint density at radius 3 is 2.67 bits per heavy atom. The van der Waals surface area contributed by atoms with E-state index in [1.165, 1.54) is 0 Å². The predicted octanol–water partition coefficient (Wildman–Crippen LogP) is 0.481. The molecule has 3 N–H and O–H groups in total. The highest BCUT2D eigenvalue weighted by Gasteiger charge is 2.06. The Morgan fingerprint density at radius 2 is 2.07 bits per heavy atom. The van der Waals surface area contributed by atoms with E-state index in [1.807, 2.05) is 0 Å². The molecule has 0 spiro atoms. The van der Waals surface area contributed by atoms with Gasteiger partial charge in [0, 0.05) is 24.7 Å². The predicted molar refractivity (Wildman–Crippen MR) is 64.3 cm³/mol. The molecule has 0 heterocycles. The van der Waals surface area contributed by atoms with Crippen LogP contribution in [0.2, 0.25) is 0 Å². The third-order valence-electron chi connectivity index (χ3n) is 1.91. The smallest absolute Gasteiger partial charge is 0.0863 e. The summed E-state index contributed by atoms with van der Waals surface area (Å²) in [5.41, 5.74) is 5.75. The summed E-state index contributed by atoms with van der Waals surface area (Å²) in [6.45, 7) is 3.54. The maximum absolute atomic E-state index is 9.51. The third kappa shape index (κ3) is 10.5. The zero-order chi connectivity index (χ0) is 11.5. The normalized spacial score (nSPS) is 15.2. The molecule has 0 aliphatic rings. The van der Waals surface area contributed by atoms with E-state index in [0.29, 0.717) is 25.6 Å². The molecular formula is C10H23NO3S. The van der Waals surface area contributed by atoms with Crippen molar-refractivity contribution in [3.8, 4) is 0 Å². The van der Waals surface area contributed by atoms with Gasteiger partial charge in [-0.1, -0.05) is 6.92 Å². The Bertz CT molecular complexity index is 138. The molecule has 0 radical (unpaired) electrons. The van der Waals surface area contributed by atoms with E-state index >= 15 is 0 Å². The van der Waals surface area contributed by atoms with Gasteiger partial charge < -0.3 is 20.3 Å². The van der Waals surface area contributed by atoms with Crippen LogP contribution in [-0.2, 0) is 9.47 Å². The van der Waals surface area contributed by atoms with Crippen LogP contribution in [0.5, 0.6) is 0 Å². The summed E-state index contributed by atoms with van der Waals surface area (Å²) in [6.07, 6.45) is 0.573. The maximum atomic E-state index is 9.51. The zero-order valence-electron chi connectivity index (χ0n) is 9.65. The van der Waals surface area contributed by atoms with Crippen LogP contribution in [0, 0.1) is 0 Å². The molecule has 0 aromatic heterocycles. The zero-order valence-corrected chi connectivity index (χ0v) is 10.5. The van der Waals surface area contributed by atoms with Crippen LogP contribution >= 0.6 is 11.8 Å². The standard InChI is InChI=1S/C10H23NO3S/c1-3-9(11)7-15-8-10(12)6-14-5-4-13-2/h9-10,12H,3-8,11H2,1-2H3. The van der Waals surface area contributed by atoms with Gasteiger partial charge in [-0.15, -0.1) is 0 Å². The Kier molecular flexibility index (Phi) is 10.8. The maximum Gasteiger partial charge on any atom is 0.0863 e. The van der Waals surface area contributed by atoms with Gasteiger partial charge in [-0.3, -0.25) is 0 Å². The Morgan fingerprint density at radius 1 is 1.33 bits per heavy atom. The van der Waals surface area contributed by atoms with Crippen LogP contribution in [0.1, 0.15) is 13.3 Å². The van der Waals surface area contributed by atoms with Crippen LogP contribution in [0.3, 0.4) is 0 Å². The van der Waals surface area contributed by atoms with Crippen LogP contribution in [0.4, 0.5) is 0 Å². The molecule has 0 fully saturated rings. The minimum atomic E-state index is -0.407. The Hall–Kier alpha value is 0.190. The van der Waals surface area contributed by atoms with E-state index in [0.717, 1.165) is 12.2 Å². The van der Waals surface area contributed by atoms with Crippen molar-refractivity contribution in [3.63, 3.8) is 0 Å². The van der Waals surface area contributed by atoms with E-state index in [2.05, 4.69) is 6.92 Å². The number of nitrogens with two attached hydrogens (primary N) is 1. The molecule has 0 bridgehead atoms. The molecule has 92 valence electrons.